The normalized spacial score (nSPS) is 14.8. The Hall–Kier alpha value is -4.03. The topological polar surface area (TPSA) is 62.5 Å². The van der Waals surface area contributed by atoms with Crippen LogP contribution in [-0.4, -0.2) is 45.5 Å². The Morgan fingerprint density at radius 1 is 0.800 bits per heavy atom. The van der Waals surface area contributed by atoms with Gasteiger partial charge < -0.3 is 9.42 Å². The second-order valence-electron chi connectivity index (χ2n) is 9.24. The molecule has 1 aliphatic heterocycles. The fourth-order valence-corrected chi connectivity index (χ4v) is 4.83. The zero-order chi connectivity index (χ0) is 23.8. The van der Waals surface area contributed by atoms with Crippen molar-refractivity contribution in [1.29, 1.82) is 0 Å². The number of hydrogen-bond acceptors (Lipinski definition) is 5. The van der Waals surface area contributed by atoms with Gasteiger partial charge in [0.05, 0.1) is 6.54 Å². The molecule has 0 N–H and O–H groups in total. The molecule has 1 amide bonds. The van der Waals surface area contributed by atoms with Crippen molar-refractivity contribution >= 4 is 27.5 Å². The Morgan fingerprint density at radius 3 is 2.29 bits per heavy atom. The highest BCUT2D eigenvalue weighted by molar-refractivity contribution is 5.87. The molecule has 0 bridgehead atoms. The monoisotopic (exact) mass is 462 g/mol. The van der Waals surface area contributed by atoms with Crippen molar-refractivity contribution in [2.45, 2.75) is 20.0 Å². The molecule has 1 fully saturated rings. The number of hydrogen-bond donors (Lipinski definition) is 0. The van der Waals surface area contributed by atoms with Crippen LogP contribution in [0.2, 0.25) is 0 Å². The van der Waals surface area contributed by atoms with Crippen molar-refractivity contribution in [3.05, 3.63) is 95.9 Å². The highest BCUT2D eigenvalue weighted by Gasteiger charge is 2.24. The average molecular weight is 463 g/mol. The first-order chi connectivity index (χ1) is 17.1. The van der Waals surface area contributed by atoms with Gasteiger partial charge in [-0.25, -0.2) is 0 Å². The van der Waals surface area contributed by atoms with Crippen LogP contribution in [0.4, 0.5) is 0 Å². The summed E-state index contributed by atoms with van der Waals surface area (Å²) >= 11 is 0. The lowest BCUT2D eigenvalue weighted by atomic mass is 10.0. The van der Waals surface area contributed by atoms with Crippen LogP contribution >= 0.6 is 0 Å². The van der Waals surface area contributed by atoms with Gasteiger partial charge in [-0.05, 0) is 50.9 Å². The molecule has 1 aromatic heterocycles. The third-order valence-electron chi connectivity index (χ3n) is 6.68. The van der Waals surface area contributed by atoms with Crippen LogP contribution in [0.3, 0.4) is 0 Å². The Morgan fingerprint density at radius 2 is 1.51 bits per heavy atom. The van der Waals surface area contributed by atoms with Gasteiger partial charge in [-0.3, -0.25) is 9.69 Å². The maximum Gasteiger partial charge on any atom is 0.237 e. The number of aryl methyl sites for hydroxylation is 1. The summed E-state index contributed by atoms with van der Waals surface area (Å²) in [5, 5.41) is 8.75. The first-order valence-corrected chi connectivity index (χ1v) is 11.9. The first-order valence-electron chi connectivity index (χ1n) is 11.9. The molecule has 174 valence electrons. The minimum atomic E-state index is 0.174. The fourth-order valence-electron chi connectivity index (χ4n) is 4.83. The number of amides is 1. The van der Waals surface area contributed by atoms with Crippen LogP contribution in [0.25, 0.3) is 32.9 Å². The molecule has 6 nitrogen and oxygen atoms in total. The van der Waals surface area contributed by atoms with Crippen LogP contribution < -0.4 is 0 Å². The van der Waals surface area contributed by atoms with Gasteiger partial charge in [0.15, 0.2) is 0 Å². The summed E-state index contributed by atoms with van der Waals surface area (Å²) in [6.07, 6.45) is 0. The lowest BCUT2D eigenvalue weighted by molar-refractivity contribution is -0.136. The molecule has 0 radical (unpaired) electrons. The van der Waals surface area contributed by atoms with Crippen molar-refractivity contribution in [3.8, 4) is 11.4 Å². The van der Waals surface area contributed by atoms with E-state index in [1.165, 1.54) is 16.3 Å². The first kappa shape index (κ1) is 21.5. The molecular formula is C29H26N4O2. The van der Waals surface area contributed by atoms with Crippen molar-refractivity contribution < 1.29 is 9.32 Å². The zero-order valence-corrected chi connectivity index (χ0v) is 19.6. The predicted octanol–water partition coefficient (Wildman–Crippen LogP) is 5.20. The van der Waals surface area contributed by atoms with E-state index in [1.807, 2.05) is 11.0 Å². The second kappa shape index (κ2) is 8.96. The van der Waals surface area contributed by atoms with E-state index in [9.17, 15) is 4.79 Å². The number of carbonyl (C=O) groups is 1. The number of nitrogens with zero attached hydrogens (tertiary/aromatic N) is 4. The molecule has 0 saturated carbocycles. The largest absolute Gasteiger partial charge is 0.339 e. The maximum atomic E-state index is 13.0. The third kappa shape index (κ3) is 4.53. The summed E-state index contributed by atoms with van der Waals surface area (Å²) in [5.41, 5.74) is 3.28. The van der Waals surface area contributed by atoms with Crippen molar-refractivity contribution in [1.82, 2.24) is 19.9 Å². The average Bonchev–Trinajstić information content (AvgIpc) is 3.31. The van der Waals surface area contributed by atoms with Gasteiger partial charge in [0.25, 0.3) is 0 Å². The number of fused-ring (bicyclic) bond motifs is 2. The Kier molecular flexibility index (Phi) is 5.51. The maximum absolute atomic E-state index is 13.0. The molecule has 5 aromatic rings. The van der Waals surface area contributed by atoms with Gasteiger partial charge >= 0.3 is 0 Å². The van der Waals surface area contributed by atoms with Crippen molar-refractivity contribution in [2.75, 3.05) is 19.6 Å². The predicted molar refractivity (Wildman–Crippen MR) is 137 cm³/mol. The minimum Gasteiger partial charge on any atom is -0.339 e. The second-order valence-corrected chi connectivity index (χ2v) is 9.24. The fraction of sp³-hybridized carbons (Fsp3) is 0.207. The van der Waals surface area contributed by atoms with E-state index in [0.717, 1.165) is 41.5 Å². The summed E-state index contributed by atoms with van der Waals surface area (Å²) in [6, 6.07) is 27.5. The molecule has 4 aromatic carbocycles. The summed E-state index contributed by atoms with van der Waals surface area (Å²) in [6.45, 7) is 5.24. The quantitative estimate of drug-likeness (QED) is 0.359. The van der Waals surface area contributed by atoms with E-state index < -0.39 is 0 Å². The lowest BCUT2D eigenvalue weighted by Crippen LogP contribution is -2.49. The molecular weight excluding hydrogens is 436 g/mol. The van der Waals surface area contributed by atoms with Crippen molar-refractivity contribution in [2.24, 2.45) is 0 Å². The Bertz CT molecular complexity index is 1540. The van der Waals surface area contributed by atoms with E-state index in [0.29, 0.717) is 24.8 Å². The molecule has 0 atom stereocenters. The van der Waals surface area contributed by atoms with E-state index in [4.69, 9.17) is 4.52 Å². The van der Waals surface area contributed by atoms with Gasteiger partial charge in [-0.15, -0.1) is 0 Å². The van der Waals surface area contributed by atoms with E-state index >= 15 is 0 Å². The number of aromatic nitrogens is 2. The van der Waals surface area contributed by atoms with Crippen molar-refractivity contribution in [3.63, 3.8) is 0 Å². The van der Waals surface area contributed by atoms with Gasteiger partial charge in [0, 0.05) is 38.7 Å². The molecule has 6 heteroatoms. The molecule has 35 heavy (non-hydrogen) atoms. The van der Waals surface area contributed by atoms with Crippen LogP contribution in [0, 0.1) is 6.92 Å². The Labute approximate surface area is 203 Å². The highest BCUT2D eigenvalue weighted by Crippen LogP contribution is 2.25. The Balaban J connectivity index is 1.13. The molecule has 1 saturated heterocycles. The summed E-state index contributed by atoms with van der Waals surface area (Å²) in [5.74, 6) is 1.31. The van der Waals surface area contributed by atoms with Crippen LogP contribution in [-0.2, 0) is 17.9 Å². The standard InChI is InChI=1S/C29H26N4O2/c1-20-30-29(31-35-20)26-11-10-24-9-7-22(15-27(24)16-26)18-33-13-12-32(19-28(33)34)17-21-6-8-23-4-2-3-5-25(23)14-21/h2-11,14-16H,12-13,17-19H2,1H3. The number of benzene rings is 4. The SMILES string of the molecule is Cc1nc(-c2ccc3ccc(CN4CCN(Cc5ccc6ccccc6c5)CC4=O)cc3c2)no1. The highest BCUT2D eigenvalue weighted by atomic mass is 16.5. The molecule has 0 unspecified atom stereocenters. The molecule has 1 aliphatic rings. The van der Waals surface area contributed by atoms with Gasteiger partial charge in [0.1, 0.15) is 0 Å². The summed E-state index contributed by atoms with van der Waals surface area (Å²) in [7, 11) is 0. The van der Waals surface area contributed by atoms with E-state index in [1.54, 1.807) is 6.92 Å². The summed E-state index contributed by atoms with van der Waals surface area (Å²) < 4.78 is 5.12. The molecule has 0 aliphatic carbocycles. The van der Waals surface area contributed by atoms with Crippen LogP contribution in [0.1, 0.15) is 17.0 Å². The van der Waals surface area contributed by atoms with E-state index in [-0.39, 0.29) is 5.91 Å². The van der Waals surface area contributed by atoms with Gasteiger partial charge in [-0.1, -0.05) is 65.8 Å². The molecule has 2 heterocycles. The van der Waals surface area contributed by atoms with Gasteiger partial charge in [0.2, 0.25) is 17.6 Å². The third-order valence-corrected chi connectivity index (χ3v) is 6.68. The number of rotatable bonds is 5. The minimum absolute atomic E-state index is 0.174. The zero-order valence-electron chi connectivity index (χ0n) is 19.6. The smallest absolute Gasteiger partial charge is 0.237 e. The van der Waals surface area contributed by atoms with Crippen LogP contribution in [0.15, 0.2) is 83.4 Å². The summed E-state index contributed by atoms with van der Waals surface area (Å²) in [4.78, 5) is 21.5. The lowest BCUT2D eigenvalue weighted by Gasteiger charge is -2.34. The number of carbonyl (C=O) groups excluding carboxylic acids is 1. The van der Waals surface area contributed by atoms with Gasteiger partial charge in [-0.2, -0.15) is 4.98 Å². The molecule has 0 spiro atoms. The van der Waals surface area contributed by atoms with Crippen LogP contribution in [0.5, 0.6) is 0 Å². The molecule has 6 rings (SSSR count). The van der Waals surface area contributed by atoms with E-state index in [2.05, 4.69) is 87.8 Å². The number of piperazine rings is 1.